The Morgan fingerprint density at radius 1 is 1.15 bits per heavy atom. The first-order valence-electron chi connectivity index (χ1n) is 12.2. The number of fused-ring (bicyclic) bond motifs is 1. The van der Waals surface area contributed by atoms with Crippen molar-refractivity contribution in [3.63, 3.8) is 0 Å². The van der Waals surface area contributed by atoms with Crippen LogP contribution in [0.1, 0.15) is 65.3 Å². The molecule has 33 heavy (non-hydrogen) atoms. The number of carbonyl (C=O) groups is 1. The van der Waals surface area contributed by atoms with Gasteiger partial charge in [0.1, 0.15) is 5.69 Å². The number of nitrogens with zero attached hydrogens (tertiary/aromatic N) is 3. The predicted molar refractivity (Wildman–Crippen MR) is 125 cm³/mol. The summed E-state index contributed by atoms with van der Waals surface area (Å²) in [4.78, 5) is 35.8. The Balaban J connectivity index is 1.20. The molecule has 5 rings (SSSR count). The fourth-order valence-electron chi connectivity index (χ4n) is 5.81. The van der Waals surface area contributed by atoms with Crippen LogP contribution in [0, 0.1) is 5.95 Å². The van der Waals surface area contributed by atoms with Crippen LogP contribution in [0.15, 0.2) is 23.0 Å². The van der Waals surface area contributed by atoms with Crippen LogP contribution >= 0.6 is 0 Å². The summed E-state index contributed by atoms with van der Waals surface area (Å²) >= 11 is 0. The number of hydrogen-bond acceptors (Lipinski definition) is 5. The highest BCUT2D eigenvalue weighted by Gasteiger charge is 2.33. The minimum atomic E-state index is -0.596. The van der Waals surface area contributed by atoms with Crippen LogP contribution < -0.4 is 15.8 Å². The number of piperazine rings is 1. The lowest BCUT2D eigenvalue weighted by Gasteiger charge is -2.39. The molecule has 176 valence electrons. The van der Waals surface area contributed by atoms with Crippen molar-refractivity contribution in [1.29, 1.82) is 0 Å². The van der Waals surface area contributed by atoms with Gasteiger partial charge in [0.25, 0.3) is 11.5 Å². The zero-order valence-electron chi connectivity index (χ0n) is 19.2. The van der Waals surface area contributed by atoms with Crippen LogP contribution in [0.5, 0.6) is 0 Å². The van der Waals surface area contributed by atoms with Gasteiger partial charge in [0.05, 0.1) is 5.69 Å². The topological polar surface area (TPSA) is 81.3 Å². The number of aromatic nitrogens is 2. The Bertz CT molecular complexity index is 1090. The fraction of sp³-hybridized carbons (Fsp3) is 0.560. The molecule has 2 aromatic heterocycles. The van der Waals surface area contributed by atoms with Gasteiger partial charge >= 0.3 is 0 Å². The highest BCUT2D eigenvalue weighted by molar-refractivity contribution is 5.92. The van der Waals surface area contributed by atoms with Crippen LogP contribution in [0.25, 0.3) is 0 Å². The SMILES string of the molecule is CNC(=O)c1ccc(N2CCN(C3CCC(c4cc5c(c(=O)[nH]4)CCCC5)C3)CC2)c(F)n1. The van der Waals surface area contributed by atoms with Crippen molar-refractivity contribution in [2.24, 2.45) is 0 Å². The lowest BCUT2D eigenvalue weighted by atomic mass is 9.90. The van der Waals surface area contributed by atoms with E-state index < -0.39 is 5.95 Å². The zero-order valence-corrected chi connectivity index (χ0v) is 19.2. The van der Waals surface area contributed by atoms with Gasteiger partial charge in [-0.1, -0.05) is 0 Å². The first-order chi connectivity index (χ1) is 16.0. The number of rotatable bonds is 4. The Kier molecular flexibility index (Phi) is 6.19. The summed E-state index contributed by atoms with van der Waals surface area (Å²) in [6.45, 7) is 3.20. The smallest absolute Gasteiger partial charge is 0.269 e. The van der Waals surface area contributed by atoms with E-state index in [1.54, 1.807) is 12.1 Å². The Labute approximate surface area is 193 Å². The standard InChI is InChI=1S/C25H32FN5O2/c1-27-25(33)20-8-9-22(23(26)28-20)31-12-10-30(11-13-31)18-7-6-17(14-18)21-15-16-4-2-3-5-19(16)24(32)29-21/h8-9,15,17-18H,2-7,10-14H2,1H3,(H,27,33)(H,29,32). The van der Waals surface area contributed by atoms with Gasteiger partial charge in [-0.25, -0.2) is 4.98 Å². The lowest BCUT2D eigenvalue weighted by molar-refractivity contribution is 0.0957. The highest BCUT2D eigenvalue weighted by Crippen LogP contribution is 2.37. The Morgan fingerprint density at radius 2 is 1.94 bits per heavy atom. The van der Waals surface area contributed by atoms with Crippen molar-refractivity contribution >= 4 is 11.6 Å². The molecule has 2 aliphatic carbocycles. The number of amides is 1. The van der Waals surface area contributed by atoms with Crippen molar-refractivity contribution in [3.05, 3.63) is 57.0 Å². The predicted octanol–water partition coefficient (Wildman–Crippen LogP) is 2.61. The zero-order chi connectivity index (χ0) is 22.9. The van der Waals surface area contributed by atoms with Crippen molar-refractivity contribution in [2.45, 2.75) is 56.9 Å². The van der Waals surface area contributed by atoms with Crippen LogP contribution in [-0.4, -0.2) is 60.0 Å². The van der Waals surface area contributed by atoms with E-state index in [1.165, 1.54) is 19.0 Å². The first-order valence-corrected chi connectivity index (χ1v) is 12.2. The molecule has 2 atom stereocenters. The maximum Gasteiger partial charge on any atom is 0.269 e. The molecular formula is C25H32FN5O2. The number of carbonyl (C=O) groups excluding carboxylic acids is 1. The van der Waals surface area contributed by atoms with E-state index in [0.717, 1.165) is 76.0 Å². The molecule has 1 aliphatic heterocycles. The summed E-state index contributed by atoms with van der Waals surface area (Å²) in [6.07, 6.45) is 7.52. The monoisotopic (exact) mass is 453 g/mol. The number of pyridine rings is 2. The Hall–Kier alpha value is -2.74. The van der Waals surface area contributed by atoms with E-state index in [1.807, 2.05) is 4.90 Å². The maximum absolute atomic E-state index is 14.5. The largest absolute Gasteiger partial charge is 0.365 e. The second-order valence-electron chi connectivity index (χ2n) is 9.54. The molecule has 1 amide bonds. The first kappa shape index (κ1) is 22.1. The van der Waals surface area contributed by atoms with E-state index in [0.29, 0.717) is 17.6 Å². The van der Waals surface area contributed by atoms with E-state index in [9.17, 15) is 14.0 Å². The molecule has 2 aromatic rings. The molecular weight excluding hydrogens is 421 g/mol. The van der Waals surface area contributed by atoms with Gasteiger partial charge in [0.15, 0.2) is 0 Å². The highest BCUT2D eigenvalue weighted by atomic mass is 19.1. The third-order valence-electron chi connectivity index (χ3n) is 7.68. The van der Waals surface area contributed by atoms with Crippen molar-refractivity contribution in [3.8, 4) is 0 Å². The van der Waals surface area contributed by atoms with Gasteiger partial charge < -0.3 is 15.2 Å². The van der Waals surface area contributed by atoms with Crippen LogP contribution in [0.3, 0.4) is 0 Å². The molecule has 0 spiro atoms. The molecule has 1 saturated heterocycles. The molecule has 3 heterocycles. The minimum Gasteiger partial charge on any atom is -0.365 e. The fourth-order valence-corrected chi connectivity index (χ4v) is 5.81. The van der Waals surface area contributed by atoms with Gasteiger partial charge in [-0.2, -0.15) is 4.39 Å². The van der Waals surface area contributed by atoms with Crippen molar-refractivity contribution < 1.29 is 9.18 Å². The molecule has 0 aromatic carbocycles. The molecule has 1 saturated carbocycles. The second-order valence-corrected chi connectivity index (χ2v) is 9.54. The van der Waals surface area contributed by atoms with E-state index in [-0.39, 0.29) is 17.2 Å². The third kappa shape index (κ3) is 4.40. The van der Waals surface area contributed by atoms with E-state index in [2.05, 4.69) is 26.3 Å². The second kappa shape index (κ2) is 9.25. The summed E-state index contributed by atoms with van der Waals surface area (Å²) in [5.74, 6) is -0.574. The van der Waals surface area contributed by atoms with Gasteiger partial charge in [0, 0.05) is 56.4 Å². The molecule has 8 heteroatoms. The van der Waals surface area contributed by atoms with Crippen LogP contribution in [-0.2, 0) is 12.8 Å². The van der Waals surface area contributed by atoms with Crippen molar-refractivity contribution in [1.82, 2.24) is 20.2 Å². The number of hydrogen-bond donors (Lipinski definition) is 2. The third-order valence-corrected chi connectivity index (χ3v) is 7.68. The molecule has 2 N–H and O–H groups in total. The quantitative estimate of drug-likeness (QED) is 0.696. The van der Waals surface area contributed by atoms with Crippen molar-refractivity contribution in [2.75, 3.05) is 38.1 Å². The minimum absolute atomic E-state index is 0.0922. The molecule has 0 radical (unpaired) electrons. The maximum atomic E-state index is 14.5. The molecule has 2 unspecified atom stereocenters. The van der Waals surface area contributed by atoms with E-state index >= 15 is 0 Å². The number of H-pyrrole nitrogens is 1. The molecule has 2 fully saturated rings. The van der Waals surface area contributed by atoms with Gasteiger partial charge in [0.2, 0.25) is 5.95 Å². The number of nitrogens with one attached hydrogen (secondary N) is 2. The summed E-state index contributed by atoms with van der Waals surface area (Å²) < 4.78 is 14.5. The average Bonchev–Trinajstić information content (AvgIpc) is 3.34. The molecule has 3 aliphatic rings. The van der Waals surface area contributed by atoms with E-state index in [4.69, 9.17) is 0 Å². The number of anilines is 1. The lowest BCUT2D eigenvalue weighted by Crippen LogP contribution is -2.50. The summed E-state index contributed by atoms with van der Waals surface area (Å²) in [5, 5.41) is 2.47. The molecule has 0 bridgehead atoms. The summed E-state index contributed by atoms with van der Waals surface area (Å²) in [6, 6.07) is 5.99. The Morgan fingerprint density at radius 3 is 2.70 bits per heavy atom. The van der Waals surface area contributed by atoms with Crippen LogP contribution in [0.4, 0.5) is 10.1 Å². The number of aromatic amines is 1. The van der Waals surface area contributed by atoms with Gasteiger partial charge in [-0.15, -0.1) is 0 Å². The number of aryl methyl sites for hydroxylation is 1. The molecule has 7 nitrogen and oxygen atoms in total. The number of halogens is 1. The van der Waals surface area contributed by atoms with Crippen LogP contribution in [0.2, 0.25) is 0 Å². The average molecular weight is 454 g/mol. The normalized spacial score (nSPS) is 23.4. The summed E-state index contributed by atoms with van der Waals surface area (Å²) in [7, 11) is 1.51. The van der Waals surface area contributed by atoms with Gasteiger partial charge in [-0.3, -0.25) is 14.5 Å². The summed E-state index contributed by atoms with van der Waals surface area (Å²) in [5.41, 5.74) is 4.05. The van der Waals surface area contributed by atoms with Gasteiger partial charge in [-0.05, 0) is 68.7 Å².